The maximum Gasteiger partial charge on any atom is 0.141 e. The molecule has 1 aromatic heterocycles. The predicted molar refractivity (Wildman–Crippen MR) is 67.8 cm³/mol. The van der Waals surface area contributed by atoms with E-state index in [1.807, 2.05) is 38.5 Å². The smallest absolute Gasteiger partial charge is 0.141 e. The van der Waals surface area contributed by atoms with Gasteiger partial charge in [0.05, 0.1) is 0 Å². The highest BCUT2D eigenvalue weighted by molar-refractivity contribution is 5.04. The molecule has 0 aliphatic rings. The van der Waals surface area contributed by atoms with Crippen LogP contribution in [0.3, 0.4) is 0 Å². The Balaban J connectivity index is 3.02. The summed E-state index contributed by atoms with van der Waals surface area (Å²) >= 11 is 0. The van der Waals surface area contributed by atoms with Crippen LogP contribution in [0.1, 0.15) is 52.5 Å². The van der Waals surface area contributed by atoms with Gasteiger partial charge in [-0.15, -0.1) is 0 Å². The standard InChI is InChI=1S/C13H24N2O2/c1-5-13(6-2,17-8-4)11(16)12-14-9-10-15(12)7-3/h9-11,16H,5-8H2,1-4H3. The molecule has 1 rings (SSSR count). The summed E-state index contributed by atoms with van der Waals surface area (Å²) in [5.41, 5.74) is -0.521. The van der Waals surface area contributed by atoms with Crippen molar-refractivity contribution in [3.05, 3.63) is 18.2 Å². The zero-order chi connectivity index (χ0) is 12.9. The molecule has 0 bridgehead atoms. The molecule has 4 nitrogen and oxygen atoms in total. The number of aliphatic hydroxyl groups excluding tert-OH is 1. The molecule has 1 N–H and O–H groups in total. The zero-order valence-electron chi connectivity index (χ0n) is 11.3. The van der Waals surface area contributed by atoms with Crippen molar-refractivity contribution in [1.29, 1.82) is 0 Å². The number of hydrogen-bond acceptors (Lipinski definition) is 3. The highest BCUT2D eigenvalue weighted by Crippen LogP contribution is 2.34. The third-order valence-electron chi connectivity index (χ3n) is 3.46. The van der Waals surface area contributed by atoms with Gasteiger partial charge in [0.25, 0.3) is 0 Å². The summed E-state index contributed by atoms with van der Waals surface area (Å²) < 4.78 is 7.77. The van der Waals surface area contributed by atoms with Crippen molar-refractivity contribution in [3.8, 4) is 0 Å². The largest absolute Gasteiger partial charge is 0.382 e. The van der Waals surface area contributed by atoms with Gasteiger partial charge in [-0.1, -0.05) is 13.8 Å². The van der Waals surface area contributed by atoms with E-state index in [0.29, 0.717) is 12.4 Å². The van der Waals surface area contributed by atoms with Crippen molar-refractivity contribution in [2.75, 3.05) is 6.61 Å². The van der Waals surface area contributed by atoms with Crippen LogP contribution >= 0.6 is 0 Å². The van der Waals surface area contributed by atoms with Gasteiger partial charge in [-0.25, -0.2) is 4.98 Å². The number of aliphatic hydroxyl groups is 1. The van der Waals surface area contributed by atoms with E-state index in [-0.39, 0.29) is 0 Å². The predicted octanol–water partition coefficient (Wildman–Crippen LogP) is 2.53. The third-order valence-corrected chi connectivity index (χ3v) is 3.46. The molecule has 1 unspecified atom stereocenters. The van der Waals surface area contributed by atoms with Crippen LogP contribution in [-0.2, 0) is 11.3 Å². The molecule has 0 aliphatic heterocycles. The van der Waals surface area contributed by atoms with E-state index in [2.05, 4.69) is 4.98 Å². The van der Waals surface area contributed by atoms with Gasteiger partial charge in [0, 0.05) is 25.5 Å². The minimum absolute atomic E-state index is 0.521. The monoisotopic (exact) mass is 240 g/mol. The first-order valence-corrected chi connectivity index (χ1v) is 6.48. The second-order valence-corrected chi connectivity index (χ2v) is 4.18. The topological polar surface area (TPSA) is 47.3 Å². The van der Waals surface area contributed by atoms with Crippen molar-refractivity contribution in [1.82, 2.24) is 9.55 Å². The molecular formula is C13H24N2O2. The van der Waals surface area contributed by atoms with E-state index in [0.717, 1.165) is 19.4 Å². The van der Waals surface area contributed by atoms with Gasteiger partial charge >= 0.3 is 0 Å². The van der Waals surface area contributed by atoms with Crippen molar-refractivity contribution in [3.63, 3.8) is 0 Å². The fraction of sp³-hybridized carbons (Fsp3) is 0.769. The lowest BCUT2D eigenvalue weighted by atomic mass is 9.89. The maximum absolute atomic E-state index is 10.6. The number of aromatic nitrogens is 2. The quantitative estimate of drug-likeness (QED) is 0.796. The first-order valence-electron chi connectivity index (χ1n) is 6.48. The zero-order valence-corrected chi connectivity index (χ0v) is 11.3. The summed E-state index contributed by atoms with van der Waals surface area (Å²) in [5.74, 6) is 0.699. The van der Waals surface area contributed by atoms with E-state index >= 15 is 0 Å². The average Bonchev–Trinajstić information content (AvgIpc) is 2.83. The summed E-state index contributed by atoms with van der Waals surface area (Å²) in [6.45, 7) is 9.49. The van der Waals surface area contributed by atoms with Gasteiger partial charge in [0.15, 0.2) is 0 Å². The Hall–Kier alpha value is -0.870. The lowest BCUT2D eigenvalue weighted by Crippen LogP contribution is -2.39. The van der Waals surface area contributed by atoms with E-state index in [9.17, 15) is 5.11 Å². The van der Waals surface area contributed by atoms with Crippen molar-refractivity contribution in [2.24, 2.45) is 0 Å². The Morgan fingerprint density at radius 3 is 2.47 bits per heavy atom. The van der Waals surface area contributed by atoms with Gasteiger partial charge < -0.3 is 14.4 Å². The summed E-state index contributed by atoms with van der Waals surface area (Å²) in [6, 6.07) is 0. The molecule has 17 heavy (non-hydrogen) atoms. The van der Waals surface area contributed by atoms with Gasteiger partial charge in [-0.05, 0) is 26.7 Å². The number of hydrogen-bond donors (Lipinski definition) is 1. The molecule has 0 aliphatic carbocycles. The molecule has 0 saturated carbocycles. The first kappa shape index (κ1) is 14.2. The number of rotatable bonds is 7. The van der Waals surface area contributed by atoms with E-state index < -0.39 is 11.7 Å². The fourth-order valence-electron chi connectivity index (χ4n) is 2.28. The molecule has 0 aromatic carbocycles. The Kier molecular flexibility index (Phi) is 5.15. The number of aryl methyl sites for hydroxylation is 1. The van der Waals surface area contributed by atoms with Crippen LogP contribution in [0.4, 0.5) is 0 Å². The molecule has 0 amide bonds. The van der Waals surface area contributed by atoms with Crippen LogP contribution in [0.15, 0.2) is 12.4 Å². The normalized spacial score (nSPS) is 13.9. The second kappa shape index (κ2) is 6.17. The summed E-state index contributed by atoms with van der Waals surface area (Å²) in [7, 11) is 0. The summed E-state index contributed by atoms with van der Waals surface area (Å²) in [6.07, 6.45) is 4.49. The minimum Gasteiger partial charge on any atom is -0.382 e. The van der Waals surface area contributed by atoms with E-state index in [4.69, 9.17) is 4.74 Å². The SMILES string of the molecule is CCOC(CC)(CC)C(O)c1nccn1CC. The highest BCUT2D eigenvalue weighted by Gasteiger charge is 2.38. The van der Waals surface area contributed by atoms with Crippen LogP contribution in [0.5, 0.6) is 0 Å². The molecule has 4 heteroatoms. The highest BCUT2D eigenvalue weighted by atomic mass is 16.5. The van der Waals surface area contributed by atoms with Gasteiger partial charge in [-0.3, -0.25) is 0 Å². The van der Waals surface area contributed by atoms with Crippen LogP contribution in [0, 0.1) is 0 Å². The van der Waals surface area contributed by atoms with Crippen molar-refractivity contribution >= 4 is 0 Å². The van der Waals surface area contributed by atoms with E-state index in [1.165, 1.54) is 0 Å². The Bertz CT molecular complexity index is 332. The lowest BCUT2D eigenvalue weighted by Gasteiger charge is -2.36. The Morgan fingerprint density at radius 1 is 1.35 bits per heavy atom. The molecule has 1 heterocycles. The van der Waals surface area contributed by atoms with Crippen LogP contribution in [-0.4, -0.2) is 26.9 Å². The Morgan fingerprint density at radius 2 is 2.00 bits per heavy atom. The first-order chi connectivity index (χ1) is 8.15. The molecule has 98 valence electrons. The summed E-state index contributed by atoms with van der Waals surface area (Å²) in [5, 5.41) is 10.6. The van der Waals surface area contributed by atoms with Crippen LogP contribution in [0.2, 0.25) is 0 Å². The minimum atomic E-state index is -0.674. The molecule has 1 aromatic rings. The van der Waals surface area contributed by atoms with Crippen molar-refractivity contribution < 1.29 is 9.84 Å². The lowest BCUT2D eigenvalue weighted by molar-refractivity contribution is -0.131. The van der Waals surface area contributed by atoms with Crippen molar-refractivity contribution in [2.45, 2.75) is 58.8 Å². The molecule has 0 radical (unpaired) electrons. The number of nitrogens with zero attached hydrogens (tertiary/aromatic N) is 2. The molecule has 0 saturated heterocycles. The number of ether oxygens (including phenoxy) is 1. The molecule has 1 atom stereocenters. The van der Waals surface area contributed by atoms with Crippen LogP contribution in [0.25, 0.3) is 0 Å². The fourth-order valence-corrected chi connectivity index (χ4v) is 2.28. The van der Waals surface area contributed by atoms with Gasteiger partial charge in [0.1, 0.15) is 17.5 Å². The molecule has 0 spiro atoms. The van der Waals surface area contributed by atoms with Gasteiger partial charge in [-0.2, -0.15) is 0 Å². The average molecular weight is 240 g/mol. The van der Waals surface area contributed by atoms with Crippen LogP contribution < -0.4 is 0 Å². The second-order valence-electron chi connectivity index (χ2n) is 4.18. The third kappa shape index (κ3) is 2.69. The van der Waals surface area contributed by atoms with E-state index in [1.54, 1.807) is 6.20 Å². The summed E-state index contributed by atoms with van der Waals surface area (Å²) in [4.78, 5) is 4.26. The Labute approximate surface area is 104 Å². The maximum atomic E-state index is 10.6. The number of imidazole rings is 1. The molecular weight excluding hydrogens is 216 g/mol. The molecule has 0 fully saturated rings. The van der Waals surface area contributed by atoms with Gasteiger partial charge in [0.2, 0.25) is 0 Å².